The van der Waals surface area contributed by atoms with Gasteiger partial charge in [-0.05, 0) is 18.8 Å². The first-order chi connectivity index (χ1) is 9.19. The van der Waals surface area contributed by atoms with Crippen molar-refractivity contribution in [3.05, 3.63) is 12.4 Å². The minimum Gasteiger partial charge on any atom is -0.481 e. The number of rotatable bonds is 6. The maximum atomic E-state index is 10.7. The molecule has 0 bridgehead atoms. The fraction of sp³-hybridized carbons (Fsp3) is 0.615. The highest BCUT2D eigenvalue weighted by molar-refractivity contribution is 5.67. The smallest absolute Gasteiger partial charge is 0.303 e. The van der Waals surface area contributed by atoms with Gasteiger partial charge in [-0.25, -0.2) is 9.97 Å². The number of carboxylic acids is 1. The summed E-state index contributed by atoms with van der Waals surface area (Å²) in [5, 5.41) is 8.81. The lowest BCUT2D eigenvalue weighted by Gasteiger charge is -2.17. The number of hydrogen-bond donors (Lipinski definition) is 1. The van der Waals surface area contributed by atoms with Crippen molar-refractivity contribution >= 4 is 11.8 Å². The van der Waals surface area contributed by atoms with Crippen molar-refractivity contribution in [2.45, 2.75) is 26.2 Å². The van der Waals surface area contributed by atoms with Gasteiger partial charge in [-0.15, -0.1) is 0 Å². The van der Waals surface area contributed by atoms with Gasteiger partial charge in [-0.3, -0.25) is 4.79 Å². The van der Waals surface area contributed by atoms with E-state index >= 15 is 0 Å². The molecule has 0 aliphatic carbocycles. The van der Waals surface area contributed by atoms with E-state index in [2.05, 4.69) is 14.9 Å². The van der Waals surface area contributed by atoms with Crippen LogP contribution >= 0.6 is 0 Å². The normalized spacial score (nSPS) is 18.6. The molecule has 0 saturated carbocycles. The highest BCUT2D eigenvalue weighted by atomic mass is 16.5. The molecule has 0 amide bonds. The molecule has 0 spiro atoms. The fourth-order valence-corrected chi connectivity index (χ4v) is 2.24. The zero-order valence-corrected chi connectivity index (χ0v) is 11.1. The number of carbonyl (C=O) groups is 1. The van der Waals surface area contributed by atoms with Crippen molar-refractivity contribution in [2.75, 3.05) is 24.6 Å². The van der Waals surface area contributed by atoms with Gasteiger partial charge in [-0.1, -0.05) is 6.92 Å². The molecule has 1 aliphatic rings. The minimum atomic E-state index is -0.735. The molecule has 1 N–H and O–H groups in total. The molecule has 1 unspecified atom stereocenters. The Morgan fingerprint density at radius 1 is 1.58 bits per heavy atom. The van der Waals surface area contributed by atoms with Gasteiger partial charge in [0, 0.05) is 25.6 Å². The van der Waals surface area contributed by atoms with Crippen LogP contribution in [0.2, 0.25) is 0 Å². The zero-order chi connectivity index (χ0) is 13.7. The van der Waals surface area contributed by atoms with Crippen molar-refractivity contribution in [2.24, 2.45) is 5.92 Å². The fourth-order valence-electron chi connectivity index (χ4n) is 2.24. The summed E-state index contributed by atoms with van der Waals surface area (Å²) in [5.41, 5.74) is 0. The topological polar surface area (TPSA) is 75.5 Å². The average Bonchev–Trinajstić information content (AvgIpc) is 2.84. The Morgan fingerprint density at radius 3 is 3.16 bits per heavy atom. The second-order valence-electron chi connectivity index (χ2n) is 4.76. The van der Waals surface area contributed by atoms with Gasteiger partial charge in [0.05, 0.1) is 6.61 Å². The molecule has 0 radical (unpaired) electrons. The van der Waals surface area contributed by atoms with Crippen LogP contribution in [0.3, 0.4) is 0 Å². The quantitative estimate of drug-likeness (QED) is 0.841. The monoisotopic (exact) mass is 265 g/mol. The highest BCUT2D eigenvalue weighted by Gasteiger charge is 2.25. The molecule has 6 nitrogen and oxygen atoms in total. The van der Waals surface area contributed by atoms with Crippen molar-refractivity contribution in [3.8, 4) is 5.88 Å². The van der Waals surface area contributed by atoms with Gasteiger partial charge in [0.25, 0.3) is 0 Å². The van der Waals surface area contributed by atoms with Crippen LogP contribution in [-0.2, 0) is 4.79 Å². The highest BCUT2D eigenvalue weighted by Crippen LogP contribution is 2.25. The minimum absolute atomic E-state index is 0.201. The van der Waals surface area contributed by atoms with Crippen LogP contribution < -0.4 is 9.64 Å². The summed E-state index contributed by atoms with van der Waals surface area (Å²) >= 11 is 0. The van der Waals surface area contributed by atoms with Crippen LogP contribution in [-0.4, -0.2) is 40.7 Å². The van der Waals surface area contributed by atoms with E-state index in [1.54, 1.807) is 0 Å². The number of ether oxygens (including phenoxy) is 1. The van der Waals surface area contributed by atoms with Gasteiger partial charge in [0.15, 0.2) is 0 Å². The van der Waals surface area contributed by atoms with E-state index in [0.717, 1.165) is 31.7 Å². The molecule has 2 heterocycles. The maximum Gasteiger partial charge on any atom is 0.303 e. The Bertz CT molecular complexity index is 439. The molecule has 1 atom stereocenters. The Balaban J connectivity index is 1.96. The first kappa shape index (κ1) is 13.6. The zero-order valence-electron chi connectivity index (χ0n) is 11.1. The first-order valence-electron chi connectivity index (χ1n) is 6.60. The van der Waals surface area contributed by atoms with Crippen LogP contribution in [0.1, 0.15) is 26.2 Å². The van der Waals surface area contributed by atoms with E-state index in [-0.39, 0.29) is 12.3 Å². The lowest BCUT2D eigenvalue weighted by molar-refractivity contribution is -0.137. The summed E-state index contributed by atoms with van der Waals surface area (Å²) in [4.78, 5) is 21.1. The Labute approximate surface area is 112 Å². The molecule has 1 fully saturated rings. The van der Waals surface area contributed by atoms with Crippen molar-refractivity contribution < 1.29 is 14.6 Å². The van der Waals surface area contributed by atoms with E-state index < -0.39 is 5.97 Å². The molecule has 6 heteroatoms. The molecule has 0 aromatic carbocycles. The Kier molecular flexibility index (Phi) is 4.54. The second kappa shape index (κ2) is 6.36. The molecule has 19 heavy (non-hydrogen) atoms. The number of carboxylic acid groups (broad SMARTS) is 1. The van der Waals surface area contributed by atoms with Crippen LogP contribution in [0.5, 0.6) is 5.88 Å². The predicted octanol–water partition coefficient (Wildman–Crippen LogP) is 1.57. The third kappa shape index (κ3) is 3.81. The number of aromatic nitrogens is 2. The lowest BCUT2D eigenvalue weighted by Crippen LogP contribution is -2.21. The third-order valence-corrected chi connectivity index (χ3v) is 3.15. The summed E-state index contributed by atoms with van der Waals surface area (Å²) in [5.74, 6) is 0.858. The predicted molar refractivity (Wildman–Crippen MR) is 70.4 cm³/mol. The third-order valence-electron chi connectivity index (χ3n) is 3.15. The molecule has 1 saturated heterocycles. The first-order valence-corrected chi connectivity index (χ1v) is 6.60. The average molecular weight is 265 g/mol. The molecule has 2 rings (SSSR count). The van der Waals surface area contributed by atoms with Gasteiger partial charge in [-0.2, -0.15) is 0 Å². The largest absolute Gasteiger partial charge is 0.481 e. The molecule has 1 aromatic rings. The summed E-state index contributed by atoms with van der Waals surface area (Å²) in [6.07, 6.45) is 3.54. The van der Waals surface area contributed by atoms with Gasteiger partial charge in [0.2, 0.25) is 5.88 Å². The van der Waals surface area contributed by atoms with Crippen molar-refractivity contribution in [1.29, 1.82) is 0 Å². The van der Waals surface area contributed by atoms with Gasteiger partial charge in [0.1, 0.15) is 12.1 Å². The number of hydrogen-bond acceptors (Lipinski definition) is 5. The summed E-state index contributed by atoms with van der Waals surface area (Å²) in [6.45, 7) is 4.25. The standard InChI is InChI=1S/C13H19N3O3/c1-2-5-19-12-7-11(14-9-15-12)16-4-3-10(8-16)6-13(17)18/h7,9-10H,2-6,8H2,1H3,(H,17,18). The van der Waals surface area contributed by atoms with Crippen LogP contribution in [0.15, 0.2) is 12.4 Å². The van der Waals surface area contributed by atoms with E-state index in [9.17, 15) is 4.79 Å². The van der Waals surface area contributed by atoms with Gasteiger partial charge < -0.3 is 14.7 Å². The van der Waals surface area contributed by atoms with E-state index in [0.29, 0.717) is 12.5 Å². The number of aliphatic carboxylic acids is 1. The SMILES string of the molecule is CCCOc1cc(N2CCC(CC(=O)O)C2)ncn1. The van der Waals surface area contributed by atoms with Crippen LogP contribution in [0.25, 0.3) is 0 Å². The molecule has 104 valence electrons. The number of nitrogens with zero attached hydrogens (tertiary/aromatic N) is 3. The van der Waals surface area contributed by atoms with E-state index in [1.165, 1.54) is 6.33 Å². The molecule has 1 aromatic heterocycles. The van der Waals surface area contributed by atoms with Crippen molar-refractivity contribution in [1.82, 2.24) is 9.97 Å². The molecular formula is C13H19N3O3. The Hall–Kier alpha value is -1.85. The van der Waals surface area contributed by atoms with Crippen LogP contribution in [0.4, 0.5) is 5.82 Å². The van der Waals surface area contributed by atoms with Crippen LogP contribution in [0, 0.1) is 5.92 Å². The lowest BCUT2D eigenvalue weighted by atomic mass is 10.1. The second-order valence-corrected chi connectivity index (χ2v) is 4.76. The summed E-state index contributed by atoms with van der Waals surface area (Å²) in [6, 6.07) is 1.82. The molecular weight excluding hydrogens is 246 g/mol. The number of anilines is 1. The van der Waals surface area contributed by atoms with E-state index in [1.807, 2.05) is 13.0 Å². The van der Waals surface area contributed by atoms with Crippen molar-refractivity contribution in [3.63, 3.8) is 0 Å². The maximum absolute atomic E-state index is 10.7. The van der Waals surface area contributed by atoms with E-state index in [4.69, 9.17) is 9.84 Å². The van der Waals surface area contributed by atoms with Gasteiger partial charge >= 0.3 is 5.97 Å². The molecule has 1 aliphatic heterocycles. The summed E-state index contributed by atoms with van der Waals surface area (Å²) in [7, 11) is 0. The summed E-state index contributed by atoms with van der Waals surface area (Å²) < 4.78 is 5.47. The Morgan fingerprint density at radius 2 is 2.42 bits per heavy atom.